The van der Waals surface area contributed by atoms with E-state index in [0.717, 1.165) is 12.8 Å². The Bertz CT molecular complexity index is 246. The molecule has 1 unspecified atom stereocenters. The second-order valence-electron chi connectivity index (χ2n) is 3.15. The molecule has 1 N–H and O–H groups in total. The molecule has 0 aromatic carbocycles. The molecule has 1 atom stereocenters. The normalized spacial score (nSPS) is 28.2. The molecule has 3 nitrogen and oxygen atoms in total. The third-order valence-electron chi connectivity index (χ3n) is 2.01. The van der Waals surface area contributed by atoms with Crippen LogP contribution in [0.4, 0.5) is 0 Å². The molecule has 0 bridgehead atoms. The Morgan fingerprint density at radius 2 is 2.33 bits per heavy atom. The predicted octanol–water partition coefficient (Wildman–Crippen LogP) is 0.339. The molecule has 0 amide bonds. The van der Waals surface area contributed by atoms with Crippen molar-refractivity contribution in [2.24, 2.45) is 0 Å². The van der Waals surface area contributed by atoms with E-state index in [1.54, 1.807) is 6.08 Å². The molecule has 1 heterocycles. The van der Waals surface area contributed by atoms with Gasteiger partial charge in [-0.3, -0.25) is 0 Å². The minimum absolute atomic E-state index is 0.141. The van der Waals surface area contributed by atoms with Crippen LogP contribution in [0.3, 0.4) is 0 Å². The van der Waals surface area contributed by atoms with Gasteiger partial charge in [-0.25, -0.2) is 8.42 Å². The SMILES string of the molecule is C=CCNC1CCCS(=O)(=O)C1. The summed E-state index contributed by atoms with van der Waals surface area (Å²) < 4.78 is 22.3. The molecule has 12 heavy (non-hydrogen) atoms. The van der Waals surface area contributed by atoms with Crippen LogP contribution in [0.25, 0.3) is 0 Å². The van der Waals surface area contributed by atoms with Crippen LogP contribution in [0.5, 0.6) is 0 Å². The first-order chi connectivity index (χ1) is 5.64. The van der Waals surface area contributed by atoms with Crippen molar-refractivity contribution in [1.82, 2.24) is 5.32 Å². The van der Waals surface area contributed by atoms with Crippen molar-refractivity contribution in [2.45, 2.75) is 18.9 Å². The molecule has 70 valence electrons. The van der Waals surface area contributed by atoms with Gasteiger partial charge in [-0.15, -0.1) is 6.58 Å². The minimum atomic E-state index is -2.76. The fourth-order valence-electron chi connectivity index (χ4n) is 1.43. The maximum absolute atomic E-state index is 11.2. The molecule has 1 saturated heterocycles. The van der Waals surface area contributed by atoms with Gasteiger partial charge < -0.3 is 5.32 Å². The van der Waals surface area contributed by atoms with Gasteiger partial charge in [-0.2, -0.15) is 0 Å². The summed E-state index contributed by atoms with van der Waals surface area (Å²) in [4.78, 5) is 0. The van der Waals surface area contributed by atoms with Gasteiger partial charge in [0.1, 0.15) is 0 Å². The monoisotopic (exact) mass is 189 g/mol. The molecule has 0 aromatic heterocycles. The quantitative estimate of drug-likeness (QED) is 0.651. The van der Waals surface area contributed by atoms with E-state index in [-0.39, 0.29) is 6.04 Å². The summed E-state index contributed by atoms with van der Waals surface area (Å²) in [5, 5.41) is 3.13. The van der Waals surface area contributed by atoms with Crippen molar-refractivity contribution in [1.29, 1.82) is 0 Å². The Morgan fingerprint density at radius 1 is 1.58 bits per heavy atom. The molecular weight excluding hydrogens is 174 g/mol. The highest BCUT2D eigenvalue weighted by atomic mass is 32.2. The van der Waals surface area contributed by atoms with Crippen LogP contribution in [0.2, 0.25) is 0 Å². The fraction of sp³-hybridized carbons (Fsp3) is 0.750. The second kappa shape index (κ2) is 4.05. The van der Waals surface area contributed by atoms with E-state index in [1.165, 1.54) is 0 Å². The highest BCUT2D eigenvalue weighted by Gasteiger charge is 2.23. The predicted molar refractivity (Wildman–Crippen MR) is 49.9 cm³/mol. The molecule has 1 fully saturated rings. The largest absolute Gasteiger partial charge is 0.310 e. The van der Waals surface area contributed by atoms with Crippen molar-refractivity contribution in [3.63, 3.8) is 0 Å². The molecule has 0 radical (unpaired) electrons. The maximum Gasteiger partial charge on any atom is 0.151 e. The zero-order valence-electron chi connectivity index (χ0n) is 7.12. The summed E-state index contributed by atoms with van der Waals surface area (Å²) in [7, 11) is -2.76. The van der Waals surface area contributed by atoms with Crippen LogP contribution >= 0.6 is 0 Å². The Labute approximate surface area is 73.8 Å². The number of hydrogen-bond acceptors (Lipinski definition) is 3. The van der Waals surface area contributed by atoms with Crippen molar-refractivity contribution < 1.29 is 8.42 Å². The van der Waals surface area contributed by atoms with Crippen LogP contribution < -0.4 is 5.32 Å². The highest BCUT2D eigenvalue weighted by Crippen LogP contribution is 2.11. The van der Waals surface area contributed by atoms with E-state index in [9.17, 15) is 8.42 Å². The number of hydrogen-bond donors (Lipinski definition) is 1. The van der Waals surface area contributed by atoms with E-state index in [2.05, 4.69) is 11.9 Å². The number of nitrogens with one attached hydrogen (secondary N) is 1. The molecular formula is C8H15NO2S. The third-order valence-corrected chi connectivity index (χ3v) is 3.83. The zero-order valence-corrected chi connectivity index (χ0v) is 7.94. The van der Waals surface area contributed by atoms with Gasteiger partial charge in [-0.1, -0.05) is 6.08 Å². The van der Waals surface area contributed by atoms with E-state index in [1.807, 2.05) is 0 Å². The average molecular weight is 189 g/mol. The Hall–Kier alpha value is -0.350. The highest BCUT2D eigenvalue weighted by molar-refractivity contribution is 7.91. The summed E-state index contributed by atoms with van der Waals surface area (Å²) in [5.74, 6) is 0.653. The number of sulfone groups is 1. The first-order valence-electron chi connectivity index (χ1n) is 4.19. The molecule has 1 rings (SSSR count). The standard InChI is InChI=1S/C8H15NO2S/c1-2-5-9-8-4-3-6-12(10,11)7-8/h2,8-9H,1,3-7H2. The fourth-order valence-corrected chi connectivity index (χ4v) is 3.10. The lowest BCUT2D eigenvalue weighted by molar-refractivity contribution is 0.499. The third kappa shape index (κ3) is 2.95. The Morgan fingerprint density at radius 3 is 2.92 bits per heavy atom. The van der Waals surface area contributed by atoms with Gasteiger partial charge in [-0.05, 0) is 12.8 Å². The van der Waals surface area contributed by atoms with Gasteiger partial charge in [0.25, 0.3) is 0 Å². The second-order valence-corrected chi connectivity index (χ2v) is 5.38. The molecule has 1 aliphatic rings. The lowest BCUT2D eigenvalue weighted by atomic mass is 10.2. The Kier molecular flexibility index (Phi) is 3.29. The van der Waals surface area contributed by atoms with E-state index in [4.69, 9.17) is 0 Å². The topological polar surface area (TPSA) is 46.2 Å². The lowest BCUT2D eigenvalue weighted by Crippen LogP contribution is -2.40. The van der Waals surface area contributed by atoms with Gasteiger partial charge in [0.15, 0.2) is 9.84 Å². The van der Waals surface area contributed by atoms with Crippen LogP contribution in [-0.4, -0.2) is 32.5 Å². The van der Waals surface area contributed by atoms with Crippen molar-refractivity contribution in [3.8, 4) is 0 Å². The van der Waals surface area contributed by atoms with Crippen LogP contribution in [0.1, 0.15) is 12.8 Å². The maximum atomic E-state index is 11.2. The average Bonchev–Trinajstić information content (AvgIpc) is 1.99. The van der Waals surface area contributed by atoms with Crippen LogP contribution in [-0.2, 0) is 9.84 Å². The van der Waals surface area contributed by atoms with Gasteiger partial charge in [0.05, 0.1) is 11.5 Å². The molecule has 4 heteroatoms. The van der Waals surface area contributed by atoms with Gasteiger partial charge in [0, 0.05) is 12.6 Å². The first-order valence-corrected chi connectivity index (χ1v) is 6.01. The van der Waals surface area contributed by atoms with Crippen LogP contribution in [0, 0.1) is 0 Å². The summed E-state index contributed by atoms with van der Waals surface area (Å²) in [6, 6.07) is 0.141. The molecule has 0 spiro atoms. The van der Waals surface area contributed by atoms with Crippen molar-refractivity contribution in [3.05, 3.63) is 12.7 Å². The van der Waals surface area contributed by atoms with E-state index in [0.29, 0.717) is 18.1 Å². The zero-order chi connectivity index (χ0) is 9.03. The summed E-state index contributed by atoms with van der Waals surface area (Å²) in [6.45, 7) is 4.26. The van der Waals surface area contributed by atoms with Crippen molar-refractivity contribution >= 4 is 9.84 Å². The lowest BCUT2D eigenvalue weighted by Gasteiger charge is -2.22. The number of rotatable bonds is 3. The Balaban J connectivity index is 2.41. The van der Waals surface area contributed by atoms with Crippen LogP contribution in [0.15, 0.2) is 12.7 Å². The molecule has 1 aliphatic heterocycles. The first kappa shape index (κ1) is 9.74. The van der Waals surface area contributed by atoms with Gasteiger partial charge in [0.2, 0.25) is 0 Å². The summed E-state index contributed by atoms with van der Waals surface area (Å²) >= 11 is 0. The molecule has 0 aromatic rings. The summed E-state index contributed by atoms with van der Waals surface area (Å²) in [6.07, 6.45) is 3.51. The molecule has 0 aliphatic carbocycles. The van der Waals surface area contributed by atoms with Gasteiger partial charge >= 0.3 is 0 Å². The van der Waals surface area contributed by atoms with E-state index < -0.39 is 9.84 Å². The van der Waals surface area contributed by atoms with E-state index >= 15 is 0 Å². The minimum Gasteiger partial charge on any atom is -0.310 e. The van der Waals surface area contributed by atoms with Crippen molar-refractivity contribution in [2.75, 3.05) is 18.1 Å². The summed E-state index contributed by atoms with van der Waals surface area (Å²) in [5.41, 5.74) is 0. The smallest absolute Gasteiger partial charge is 0.151 e. The molecule has 0 saturated carbocycles.